The van der Waals surface area contributed by atoms with Gasteiger partial charge in [0.05, 0.1) is 0 Å². The molecule has 0 saturated heterocycles. The smallest absolute Gasteiger partial charge is 0.163 e. The highest BCUT2D eigenvalue weighted by molar-refractivity contribution is 5.29. The maximum absolute atomic E-state index is 13.8. The first kappa shape index (κ1) is 14.5. The second-order valence-corrected chi connectivity index (χ2v) is 4.69. The van der Waals surface area contributed by atoms with Gasteiger partial charge in [-0.25, -0.2) is 17.6 Å². The minimum absolute atomic E-state index is 0.00804. The van der Waals surface area contributed by atoms with Crippen LogP contribution in [0, 0.1) is 30.2 Å². The van der Waals surface area contributed by atoms with Gasteiger partial charge < -0.3 is 5.73 Å². The van der Waals surface area contributed by atoms with E-state index in [1.807, 2.05) is 0 Å². The van der Waals surface area contributed by atoms with E-state index in [0.717, 1.165) is 18.2 Å². The summed E-state index contributed by atoms with van der Waals surface area (Å²) < 4.78 is 53.4. The van der Waals surface area contributed by atoms with Gasteiger partial charge in [-0.15, -0.1) is 0 Å². The summed E-state index contributed by atoms with van der Waals surface area (Å²) in [5.41, 5.74) is 6.24. The highest BCUT2D eigenvalue weighted by Gasteiger charge is 2.17. The summed E-state index contributed by atoms with van der Waals surface area (Å²) in [6, 6.07) is 4.89. The molecule has 2 N–H and O–H groups in total. The van der Waals surface area contributed by atoms with E-state index in [9.17, 15) is 17.6 Å². The van der Waals surface area contributed by atoms with Gasteiger partial charge >= 0.3 is 0 Å². The maximum Gasteiger partial charge on any atom is 0.163 e. The molecular weight excluding hydrogens is 270 g/mol. The minimum Gasteiger partial charge on any atom is -0.324 e. The number of rotatable bonds is 3. The first-order valence-electron chi connectivity index (χ1n) is 6.03. The van der Waals surface area contributed by atoms with Crippen molar-refractivity contribution in [3.05, 3.63) is 70.3 Å². The molecule has 1 nitrogen and oxygen atoms in total. The molecule has 0 aliphatic heterocycles. The molecule has 0 bridgehead atoms. The van der Waals surface area contributed by atoms with E-state index >= 15 is 0 Å². The lowest BCUT2D eigenvalue weighted by molar-refractivity contribution is 0.482. The highest BCUT2D eigenvalue weighted by atomic mass is 19.2. The van der Waals surface area contributed by atoms with Crippen LogP contribution in [0.5, 0.6) is 0 Å². The first-order valence-corrected chi connectivity index (χ1v) is 6.03. The van der Waals surface area contributed by atoms with Crippen molar-refractivity contribution >= 4 is 0 Å². The predicted octanol–water partition coefficient (Wildman–Crippen LogP) is 3.79. The second kappa shape index (κ2) is 5.63. The van der Waals surface area contributed by atoms with Gasteiger partial charge in [0.15, 0.2) is 11.6 Å². The molecule has 2 rings (SSSR count). The van der Waals surface area contributed by atoms with Crippen LogP contribution in [0.2, 0.25) is 0 Å². The first-order chi connectivity index (χ1) is 9.38. The number of nitrogens with two attached hydrogens (primary N) is 1. The van der Waals surface area contributed by atoms with E-state index in [2.05, 4.69) is 0 Å². The Bertz CT molecular complexity index is 620. The molecule has 20 heavy (non-hydrogen) atoms. The molecule has 0 aliphatic rings. The third-order valence-electron chi connectivity index (χ3n) is 3.08. The molecule has 0 heterocycles. The summed E-state index contributed by atoms with van der Waals surface area (Å²) in [6.45, 7) is 1.44. The largest absolute Gasteiger partial charge is 0.324 e. The minimum atomic E-state index is -1.02. The number of halogens is 4. The molecule has 0 aromatic heterocycles. The fraction of sp³-hybridized carbons (Fsp3) is 0.200. The zero-order chi connectivity index (χ0) is 14.9. The Morgan fingerprint density at radius 2 is 1.55 bits per heavy atom. The number of aryl methyl sites for hydroxylation is 1. The molecule has 0 aliphatic carbocycles. The van der Waals surface area contributed by atoms with Crippen molar-refractivity contribution in [2.45, 2.75) is 19.4 Å². The van der Waals surface area contributed by atoms with Gasteiger partial charge in [0, 0.05) is 17.7 Å². The number of benzene rings is 2. The Labute approximate surface area is 114 Å². The van der Waals surface area contributed by atoms with Gasteiger partial charge in [-0.05, 0) is 36.6 Å². The molecule has 0 fully saturated rings. The standard InChI is InChI=1S/C15H13F4N/c1-8-2-3-12(15(19)14(8)18)13(20)6-9-4-10(16)7-11(17)5-9/h2-5,7,13H,6,20H2,1H3. The van der Waals surface area contributed by atoms with E-state index in [-0.39, 0.29) is 23.1 Å². The normalized spacial score (nSPS) is 12.5. The van der Waals surface area contributed by atoms with Crippen LogP contribution < -0.4 is 5.73 Å². The summed E-state index contributed by atoms with van der Waals surface area (Å²) in [5, 5.41) is 0. The molecule has 0 radical (unpaired) electrons. The van der Waals surface area contributed by atoms with Crippen molar-refractivity contribution in [1.29, 1.82) is 0 Å². The van der Waals surface area contributed by atoms with Crippen LogP contribution in [-0.4, -0.2) is 0 Å². The topological polar surface area (TPSA) is 26.0 Å². The van der Waals surface area contributed by atoms with Crippen LogP contribution in [-0.2, 0) is 6.42 Å². The van der Waals surface area contributed by atoms with E-state index < -0.39 is 29.3 Å². The Morgan fingerprint density at radius 1 is 0.950 bits per heavy atom. The summed E-state index contributed by atoms with van der Waals surface area (Å²) in [7, 11) is 0. The van der Waals surface area contributed by atoms with Crippen molar-refractivity contribution in [2.75, 3.05) is 0 Å². The van der Waals surface area contributed by atoms with E-state index in [4.69, 9.17) is 5.73 Å². The van der Waals surface area contributed by atoms with Crippen LogP contribution in [0.4, 0.5) is 17.6 Å². The second-order valence-electron chi connectivity index (χ2n) is 4.69. The molecule has 1 unspecified atom stereocenters. The monoisotopic (exact) mass is 283 g/mol. The Balaban J connectivity index is 2.28. The fourth-order valence-electron chi connectivity index (χ4n) is 2.04. The van der Waals surface area contributed by atoms with Crippen LogP contribution >= 0.6 is 0 Å². The lowest BCUT2D eigenvalue weighted by Crippen LogP contribution is -2.16. The Kier molecular flexibility index (Phi) is 4.09. The lowest BCUT2D eigenvalue weighted by atomic mass is 9.98. The Hall–Kier alpha value is -1.88. The van der Waals surface area contributed by atoms with Crippen molar-refractivity contribution in [3.8, 4) is 0 Å². The molecular formula is C15H13F4N. The van der Waals surface area contributed by atoms with Crippen LogP contribution in [0.25, 0.3) is 0 Å². The van der Waals surface area contributed by atoms with Crippen molar-refractivity contribution in [3.63, 3.8) is 0 Å². The van der Waals surface area contributed by atoms with Crippen molar-refractivity contribution < 1.29 is 17.6 Å². The average molecular weight is 283 g/mol. The van der Waals surface area contributed by atoms with Gasteiger partial charge in [0.25, 0.3) is 0 Å². The molecule has 2 aromatic rings. The third-order valence-corrected chi connectivity index (χ3v) is 3.08. The lowest BCUT2D eigenvalue weighted by Gasteiger charge is -2.14. The van der Waals surface area contributed by atoms with E-state index in [0.29, 0.717) is 0 Å². The van der Waals surface area contributed by atoms with Gasteiger partial charge in [0.2, 0.25) is 0 Å². The van der Waals surface area contributed by atoms with Gasteiger partial charge in [0.1, 0.15) is 11.6 Å². The molecule has 2 aromatic carbocycles. The average Bonchev–Trinajstić information content (AvgIpc) is 2.34. The maximum atomic E-state index is 13.8. The summed E-state index contributed by atoms with van der Waals surface area (Å²) in [6.07, 6.45) is 0.00804. The highest BCUT2D eigenvalue weighted by Crippen LogP contribution is 2.23. The summed E-state index contributed by atoms with van der Waals surface area (Å²) >= 11 is 0. The molecule has 106 valence electrons. The zero-order valence-corrected chi connectivity index (χ0v) is 10.8. The van der Waals surface area contributed by atoms with Crippen molar-refractivity contribution in [1.82, 2.24) is 0 Å². The van der Waals surface area contributed by atoms with E-state index in [1.54, 1.807) is 0 Å². The predicted molar refractivity (Wildman–Crippen MR) is 68.1 cm³/mol. The third kappa shape index (κ3) is 2.99. The zero-order valence-electron chi connectivity index (χ0n) is 10.8. The van der Waals surface area contributed by atoms with Crippen LogP contribution in [0.3, 0.4) is 0 Å². The molecule has 0 amide bonds. The summed E-state index contributed by atoms with van der Waals surface area (Å²) in [4.78, 5) is 0. The number of hydrogen-bond donors (Lipinski definition) is 1. The molecule has 5 heteroatoms. The fourth-order valence-corrected chi connectivity index (χ4v) is 2.04. The van der Waals surface area contributed by atoms with Crippen molar-refractivity contribution in [2.24, 2.45) is 5.73 Å². The summed E-state index contributed by atoms with van der Waals surface area (Å²) in [5.74, 6) is -3.44. The Morgan fingerprint density at radius 3 is 2.15 bits per heavy atom. The van der Waals surface area contributed by atoms with Gasteiger partial charge in [-0.3, -0.25) is 0 Å². The quantitative estimate of drug-likeness (QED) is 0.852. The van der Waals surface area contributed by atoms with Crippen LogP contribution in [0.15, 0.2) is 30.3 Å². The SMILES string of the molecule is Cc1ccc(C(N)Cc2cc(F)cc(F)c2)c(F)c1F. The van der Waals surface area contributed by atoms with E-state index in [1.165, 1.54) is 19.1 Å². The number of hydrogen-bond acceptors (Lipinski definition) is 1. The molecule has 0 saturated carbocycles. The van der Waals surface area contributed by atoms with Crippen LogP contribution in [0.1, 0.15) is 22.7 Å². The van der Waals surface area contributed by atoms with Gasteiger partial charge in [-0.2, -0.15) is 0 Å². The molecule has 1 atom stereocenters. The molecule has 0 spiro atoms. The van der Waals surface area contributed by atoms with Gasteiger partial charge in [-0.1, -0.05) is 12.1 Å².